The molecule has 0 unspecified atom stereocenters. The van der Waals surface area contributed by atoms with E-state index in [9.17, 15) is 9.59 Å². The van der Waals surface area contributed by atoms with Gasteiger partial charge in [-0.15, -0.1) is 0 Å². The fourth-order valence-electron chi connectivity index (χ4n) is 4.30. The van der Waals surface area contributed by atoms with E-state index in [-0.39, 0.29) is 11.8 Å². The van der Waals surface area contributed by atoms with Crippen molar-refractivity contribution in [2.45, 2.75) is 12.8 Å². The number of carbonyl (C=O) groups excluding carboxylic acids is 2. The number of fused-ring (bicyclic) bond motifs is 2. The molecule has 11 nitrogen and oxygen atoms in total. The van der Waals surface area contributed by atoms with Crippen molar-refractivity contribution < 1.29 is 19.1 Å². The van der Waals surface area contributed by atoms with Gasteiger partial charge in [-0.05, 0) is 18.6 Å². The van der Waals surface area contributed by atoms with Gasteiger partial charge >= 0.3 is 0 Å². The summed E-state index contributed by atoms with van der Waals surface area (Å²) in [6.07, 6.45) is 4.08. The van der Waals surface area contributed by atoms with Crippen LogP contribution in [0.4, 0.5) is 23.0 Å². The molecule has 1 aromatic carbocycles. The fourth-order valence-corrected chi connectivity index (χ4v) is 4.30. The molecule has 2 bridgehead atoms. The summed E-state index contributed by atoms with van der Waals surface area (Å²) in [5, 5.41) is 9.27. The first-order valence-corrected chi connectivity index (χ1v) is 11.8. The summed E-state index contributed by atoms with van der Waals surface area (Å²) >= 11 is 0. The largest absolute Gasteiger partial charge is 0.491 e. The molecular weight excluding hydrogens is 450 g/mol. The zero-order valence-corrected chi connectivity index (χ0v) is 19.7. The molecule has 11 heteroatoms. The standard InChI is InChI=1S/C24H29N7O4/c1-30-7-6-25-22-21-17(24(33)29-23(21)28-15-27-22)14-26-16-4-5-18(31-8-11-34-12-9-31)19(13-16)35-10-2-3-20(30)32/h4-5,13-15,26H,2-3,6-12H2,1H3,(H2,25,27,28,29,33)/b17-14-. The molecule has 0 aliphatic carbocycles. The molecule has 1 aromatic heterocycles. The van der Waals surface area contributed by atoms with Gasteiger partial charge in [-0.3, -0.25) is 9.59 Å². The lowest BCUT2D eigenvalue weighted by Gasteiger charge is -2.30. The van der Waals surface area contributed by atoms with Crippen molar-refractivity contribution in [1.82, 2.24) is 14.9 Å². The molecule has 0 spiro atoms. The van der Waals surface area contributed by atoms with Crippen molar-refractivity contribution in [3.8, 4) is 5.75 Å². The molecule has 2 amide bonds. The van der Waals surface area contributed by atoms with E-state index >= 15 is 0 Å². The second kappa shape index (κ2) is 10.2. The van der Waals surface area contributed by atoms with Gasteiger partial charge in [0.05, 0.1) is 36.6 Å². The van der Waals surface area contributed by atoms with Gasteiger partial charge in [0.15, 0.2) is 0 Å². The molecule has 184 valence electrons. The van der Waals surface area contributed by atoms with Gasteiger partial charge in [0.25, 0.3) is 5.91 Å². The predicted octanol–water partition coefficient (Wildman–Crippen LogP) is 1.76. The molecule has 3 aliphatic heterocycles. The molecule has 0 saturated carbocycles. The van der Waals surface area contributed by atoms with E-state index < -0.39 is 0 Å². The lowest BCUT2D eigenvalue weighted by molar-refractivity contribution is -0.130. The molecule has 35 heavy (non-hydrogen) atoms. The van der Waals surface area contributed by atoms with E-state index in [4.69, 9.17) is 9.47 Å². The molecule has 4 heterocycles. The fraction of sp³-hybridized carbons (Fsp3) is 0.417. The van der Waals surface area contributed by atoms with Gasteiger partial charge < -0.3 is 35.2 Å². The lowest BCUT2D eigenvalue weighted by Crippen LogP contribution is -2.36. The molecule has 0 radical (unpaired) electrons. The molecule has 2 aromatic rings. The summed E-state index contributed by atoms with van der Waals surface area (Å²) in [6.45, 7) is 4.30. The maximum absolute atomic E-state index is 12.7. The van der Waals surface area contributed by atoms with Gasteiger partial charge in [0.1, 0.15) is 23.7 Å². The normalized spacial score (nSPS) is 20.4. The van der Waals surface area contributed by atoms with Gasteiger partial charge in [-0.25, -0.2) is 9.97 Å². The van der Waals surface area contributed by atoms with Crippen LogP contribution in [0.15, 0.2) is 30.7 Å². The smallest absolute Gasteiger partial charge is 0.259 e. The first-order valence-electron chi connectivity index (χ1n) is 11.8. The number of hydrogen-bond donors (Lipinski definition) is 3. The Morgan fingerprint density at radius 2 is 1.86 bits per heavy atom. The molecule has 1 fully saturated rings. The summed E-state index contributed by atoms with van der Waals surface area (Å²) in [7, 11) is 1.78. The minimum absolute atomic E-state index is 0.0499. The van der Waals surface area contributed by atoms with Crippen LogP contribution in [0.2, 0.25) is 0 Å². The molecule has 3 N–H and O–H groups in total. The zero-order chi connectivity index (χ0) is 24.2. The predicted molar refractivity (Wildman–Crippen MR) is 133 cm³/mol. The van der Waals surface area contributed by atoms with Crippen LogP contribution in [-0.2, 0) is 14.3 Å². The number of carbonyl (C=O) groups is 2. The van der Waals surface area contributed by atoms with Crippen LogP contribution in [0.1, 0.15) is 18.4 Å². The Kier molecular flexibility index (Phi) is 6.66. The van der Waals surface area contributed by atoms with Crippen molar-refractivity contribution in [3.63, 3.8) is 0 Å². The van der Waals surface area contributed by atoms with Crippen LogP contribution in [0.5, 0.6) is 5.75 Å². The summed E-state index contributed by atoms with van der Waals surface area (Å²) in [5.74, 6) is 1.51. The van der Waals surface area contributed by atoms with Gasteiger partial charge in [-0.2, -0.15) is 0 Å². The summed E-state index contributed by atoms with van der Waals surface area (Å²) in [6, 6.07) is 5.88. The number of rotatable bonds is 1. The second-order valence-corrected chi connectivity index (χ2v) is 8.58. The average Bonchev–Trinajstić information content (AvgIpc) is 3.20. The number of likely N-dealkylation sites (N-methyl/N-ethyl adjacent to an activating group) is 1. The van der Waals surface area contributed by atoms with E-state index in [2.05, 4.69) is 30.8 Å². The number of hydrogen-bond acceptors (Lipinski definition) is 9. The Bertz CT molecular complexity index is 1150. The Morgan fingerprint density at radius 3 is 2.71 bits per heavy atom. The topological polar surface area (TPSA) is 121 Å². The van der Waals surface area contributed by atoms with Crippen LogP contribution in [0, 0.1) is 0 Å². The maximum atomic E-state index is 12.7. The minimum Gasteiger partial charge on any atom is -0.491 e. The molecule has 0 atom stereocenters. The molecule has 1 saturated heterocycles. The monoisotopic (exact) mass is 479 g/mol. The highest BCUT2D eigenvalue weighted by Crippen LogP contribution is 2.36. The number of amides is 2. The Hall–Kier alpha value is -3.86. The zero-order valence-electron chi connectivity index (χ0n) is 19.7. The Morgan fingerprint density at radius 1 is 1.03 bits per heavy atom. The number of ether oxygens (including phenoxy) is 2. The maximum Gasteiger partial charge on any atom is 0.259 e. The van der Waals surface area contributed by atoms with Crippen LogP contribution >= 0.6 is 0 Å². The Labute approximate surface area is 203 Å². The van der Waals surface area contributed by atoms with E-state index in [1.807, 2.05) is 18.2 Å². The van der Waals surface area contributed by atoms with Gasteiger partial charge in [-0.1, -0.05) is 0 Å². The highest BCUT2D eigenvalue weighted by Gasteiger charge is 2.29. The van der Waals surface area contributed by atoms with Crippen molar-refractivity contribution >= 4 is 40.4 Å². The number of anilines is 4. The number of benzene rings is 1. The van der Waals surface area contributed by atoms with Gasteiger partial charge in [0, 0.05) is 57.6 Å². The van der Waals surface area contributed by atoms with Crippen molar-refractivity contribution in [3.05, 3.63) is 36.3 Å². The van der Waals surface area contributed by atoms with E-state index in [1.54, 1.807) is 18.1 Å². The number of nitrogens with zero attached hydrogens (tertiary/aromatic N) is 4. The van der Waals surface area contributed by atoms with E-state index in [0.717, 1.165) is 30.2 Å². The molecule has 3 aliphatic rings. The third-order valence-electron chi connectivity index (χ3n) is 6.25. The van der Waals surface area contributed by atoms with E-state index in [0.29, 0.717) is 68.5 Å². The lowest BCUT2D eigenvalue weighted by atomic mass is 10.1. The second-order valence-electron chi connectivity index (χ2n) is 8.58. The summed E-state index contributed by atoms with van der Waals surface area (Å²) in [4.78, 5) is 37.7. The highest BCUT2D eigenvalue weighted by molar-refractivity contribution is 6.32. The van der Waals surface area contributed by atoms with Gasteiger partial charge in [0.2, 0.25) is 5.91 Å². The summed E-state index contributed by atoms with van der Waals surface area (Å²) < 4.78 is 11.6. The van der Waals surface area contributed by atoms with Crippen LogP contribution in [0.25, 0.3) is 5.57 Å². The molecule has 5 rings (SSSR count). The number of aromatic nitrogens is 2. The van der Waals surface area contributed by atoms with Crippen molar-refractivity contribution in [2.24, 2.45) is 0 Å². The van der Waals surface area contributed by atoms with Crippen LogP contribution in [-0.4, -0.2) is 79.7 Å². The Balaban J connectivity index is 1.49. The number of morpholine rings is 1. The quantitative estimate of drug-likeness (QED) is 0.562. The third-order valence-corrected chi connectivity index (χ3v) is 6.25. The summed E-state index contributed by atoms with van der Waals surface area (Å²) in [5.41, 5.74) is 2.79. The highest BCUT2D eigenvalue weighted by atomic mass is 16.5. The van der Waals surface area contributed by atoms with E-state index in [1.165, 1.54) is 6.33 Å². The van der Waals surface area contributed by atoms with Crippen molar-refractivity contribution in [2.75, 3.05) is 73.9 Å². The average molecular weight is 480 g/mol. The van der Waals surface area contributed by atoms with Crippen LogP contribution in [0.3, 0.4) is 0 Å². The molecular formula is C24H29N7O4. The van der Waals surface area contributed by atoms with Crippen molar-refractivity contribution in [1.29, 1.82) is 0 Å². The number of nitrogens with one attached hydrogen (secondary N) is 3. The SMILES string of the molecule is CN1CCNc2ncnc3c2/C(=C/Nc2ccc(N4CCOCC4)c(c2)OCCCC1=O)C(=O)N3. The van der Waals surface area contributed by atoms with Crippen LogP contribution < -0.4 is 25.6 Å². The third kappa shape index (κ3) is 4.99. The first-order chi connectivity index (χ1) is 17.1. The first kappa shape index (κ1) is 22.9. The minimum atomic E-state index is -0.261.